The molecule has 1 N–H and O–H groups in total. The monoisotopic (exact) mass is 340 g/mol. The minimum absolute atomic E-state index is 0.0390. The normalized spacial score (nSPS) is 17.5. The van der Waals surface area contributed by atoms with E-state index >= 15 is 0 Å². The number of hydrogen-bond donors (Lipinski definition) is 1. The summed E-state index contributed by atoms with van der Waals surface area (Å²) in [5, 5.41) is 13.9. The van der Waals surface area contributed by atoms with Crippen molar-refractivity contribution < 1.29 is 9.66 Å². The highest BCUT2D eigenvalue weighted by atomic mass is 16.6. The number of nitrogens with zero attached hydrogens (tertiary/aromatic N) is 5. The highest BCUT2D eigenvalue weighted by molar-refractivity contribution is 5.85. The van der Waals surface area contributed by atoms with E-state index in [-0.39, 0.29) is 11.9 Å². The Hall–Kier alpha value is -3.07. The molecular formula is C16H16N6O3. The Kier molecular flexibility index (Phi) is 3.98. The van der Waals surface area contributed by atoms with Gasteiger partial charge in [-0.25, -0.2) is 15.0 Å². The molecule has 3 heterocycles. The smallest absolute Gasteiger partial charge is 0.269 e. The Labute approximate surface area is 142 Å². The van der Waals surface area contributed by atoms with Gasteiger partial charge in [-0.2, -0.15) is 0 Å². The van der Waals surface area contributed by atoms with E-state index in [2.05, 4.69) is 20.3 Å². The minimum atomic E-state index is -0.432. The van der Waals surface area contributed by atoms with E-state index < -0.39 is 4.92 Å². The lowest BCUT2D eigenvalue weighted by atomic mass is 10.2. The van der Waals surface area contributed by atoms with Gasteiger partial charge in [0.25, 0.3) is 5.69 Å². The SMILES string of the molecule is O=[N+]([O-])c1ccc(Nc2ncnc3c2ncn3C2CCCCO2)cc1. The molecule has 1 atom stereocenters. The fraction of sp³-hybridized carbons (Fsp3) is 0.312. The number of non-ortho nitro benzene ring substituents is 1. The zero-order valence-electron chi connectivity index (χ0n) is 13.3. The molecule has 1 aromatic carbocycles. The summed E-state index contributed by atoms with van der Waals surface area (Å²) in [6.07, 6.45) is 6.25. The van der Waals surface area contributed by atoms with Crippen molar-refractivity contribution in [3.05, 3.63) is 47.0 Å². The second-order valence-corrected chi connectivity index (χ2v) is 5.80. The lowest BCUT2D eigenvalue weighted by Gasteiger charge is -2.23. The van der Waals surface area contributed by atoms with Crippen LogP contribution in [0.15, 0.2) is 36.9 Å². The number of anilines is 2. The Morgan fingerprint density at radius 2 is 2.04 bits per heavy atom. The topological polar surface area (TPSA) is 108 Å². The van der Waals surface area contributed by atoms with Crippen molar-refractivity contribution in [2.75, 3.05) is 11.9 Å². The number of imidazole rings is 1. The molecule has 9 nitrogen and oxygen atoms in total. The number of nitrogens with one attached hydrogen (secondary N) is 1. The van der Waals surface area contributed by atoms with Gasteiger partial charge in [-0.05, 0) is 31.4 Å². The second-order valence-electron chi connectivity index (χ2n) is 5.80. The van der Waals surface area contributed by atoms with Crippen LogP contribution in [-0.2, 0) is 4.74 Å². The Bertz CT molecular complexity index is 902. The van der Waals surface area contributed by atoms with Crippen LogP contribution >= 0.6 is 0 Å². The van der Waals surface area contributed by atoms with Gasteiger partial charge in [-0.1, -0.05) is 0 Å². The average Bonchev–Trinajstić information content (AvgIpc) is 3.08. The summed E-state index contributed by atoms with van der Waals surface area (Å²) in [6.45, 7) is 0.739. The third kappa shape index (κ3) is 3.01. The Morgan fingerprint density at radius 1 is 1.20 bits per heavy atom. The van der Waals surface area contributed by atoms with Crippen LogP contribution in [0.5, 0.6) is 0 Å². The summed E-state index contributed by atoms with van der Waals surface area (Å²) >= 11 is 0. The first-order valence-corrected chi connectivity index (χ1v) is 8.03. The number of nitro benzene ring substituents is 1. The number of rotatable bonds is 4. The molecule has 0 spiro atoms. The van der Waals surface area contributed by atoms with Crippen molar-refractivity contribution >= 4 is 28.4 Å². The van der Waals surface area contributed by atoms with Gasteiger partial charge in [0.1, 0.15) is 12.6 Å². The molecule has 1 unspecified atom stereocenters. The lowest BCUT2D eigenvalue weighted by molar-refractivity contribution is -0.384. The molecule has 4 rings (SSSR count). The van der Waals surface area contributed by atoms with Crippen molar-refractivity contribution in [3.8, 4) is 0 Å². The van der Waals surface area contributed by atoms with Gasteiger partial charge in [0, 0.05) is 24.4 Å². The van der Waals surface area contributed by atoms with Crippen LogP contribution in [0.25, 0.3) is 11.2 Å². The number of nitro groups is 1. The first-order valence-electron chi connectivity index (χ1n) is 8.03. The lowest BCUT2D eigenvalue weighted by Crippen LogP contribution is -2.17. The molecular weight excluding hydrogens is 324 g/mol. The molecule has 3 aromatic rings. The van der Waals surface area contributed by atoms with Crippen molar-refractivity contribution in [2.45, 2.75) is 25.5 Å². The Morgan fingerprint density at radius 3 is 2.76 bits per heavy atom. The zero-order valence-corrected chi connectivity index (χ0v) is 13.3. The fourth-order valence-corrected chi connectivity index (χ4v) is 2.90. The third-order valence-corrected chi connectivity index (χ3v) is 4.17. The van der Waals surface area contributed by atoms with Crippen LogP contribution in [0.1, 0.15) is 25.5 Å². The molecule has 0 saturated carbocycles. The maximum Gasteiger partial charge on any atom is 0.269 e. The molecule has 1 fully saturated rings. The maximum atomic E-state index is 10.7. The van der Waals surface area contributed by atoms with Gasteiger partial charge in [0.05, 0.1) is 11.3 Å². The van der Waals surface area contributed by atoms with E-state index in [1.165, 1.54) is 18.5 Å². The predicted molar refractivity (Wildman–Crippen MR) is 90.5 cm³/mol. The summed E-state index contributed by atoms with van der Waals surface area (Å²) in [5.74, 6) is 0.549. The summed E-state index contributed by atoms with van der Waals surface area (Å²) in [7, 11) is 0. The summed E-state index contributed by atoms with van der Waals surface area (Å²) in [6, 6.07) is 6.14. The quantitative estimate of drug-likeness (QED) is 0.574. The van der Waals surface area contributed by atoms with Gasteiger partial charge in [0.15, 0.2) is 17.0 Å². The van der Waals surface area contributed by atoms with E-state index in [1.54, 1.807) is 18.5 Å². The fourth-order valence-electron chi connectivity index (χ4n) is 2.90. The summed E-state index contributed by atoms with van der Waals surface area (Å²) < 4.78 is 7.73. The molecule has 0 amide bonds. The van der Waals surface area contributed by atoms with E-state index in [0.29, 0.717) is 22.7 Å². The molecule has 128 valence electrons. The molecule has 25 heavy (non-hydrogen) atoms. The van der Waals surface area contributed by atoms with Crippen LogP contribution in [0.3, 0.4) is 0 Å². The minimum Gasteiger partial charge on any atom is -0.358 e. The molecule has 9 heteroatoms. The van der Waals surface area contributed by atoms with E-state index in [4.69, 9.17) is 4.74 Å². The van der Waals surface area contributed by atoms with Crippen molar-refractivity contribution in [3.63, 3.8) is 0 Å². The number of aromatic nitrogens is 4. The number of benzene rings is 1. The van der Waals surface area contributed by atoms with Gasteiger partial charge >= 0.3 is 0 Å². The van der Waals surface area contributed by atoms with Crippen LogP contribution in [0, 0.1) is 10.1 Å². The van der Waals surface area contributed by atoms with Crippen molar-refractivity contribution in [1.82, 2.24) is 19.5 Å². The standard InChI is InChI=1S/C16H16N6O3/c23-22(24)12-6-4-11(5-7-12)20-15-14-16(18-9-17-15)21(10-19-14)13-3-1-2-8-25-13/h4-7,9-10,13H,1-3,8H2,(H,17,18,20). The second kappa shape index (κ2) is 6.44. The summed E-state index contributed by atoms with van der Waals surface area (Å²) in [4.78, 5) is 23.3. The number of fused-ring (bicyclic) bond motifs is 1. The zero-order chi connectivity index (χ0) is 17.2. The predicted octanol–water partition coefficient (Wildman–Crippen LogP) is 3.18. The van der Waals surface area contributed by atoms with Crippen molar-refractivity contribution in [2.24, 2.45) is 0 Å². The van der Waals surface area contributed by atoms with Gasteiger partial charge < -0.3 is 10.1 Å². The molecule has 0 aliphatic carbocycles. The van der Waals surface area contributed by atoms with Crippen LogP contribution in [0.2, 0.25) is 0 Å². The average molecular weight is 340 g/mol. The van der Waals surface area contributed by atoms with Crippen LogP contribution in [0.4, 0.5) is 17.2 Å². The molecule has 1 aliphatic rings. The van der Waals surface area contributed by atoms with Crippen molar-refractivity contribution in [1.29, 1.82) is 0 Å². The molecule has 0 bridgehead atoms. The highest BCUT2D eigenvalue weighted by Gasteiger charge is 2.20. The number of ether oxygens (including phenoxy) is 1. The van der Waals surface area contributed by atoms with Crippen LogP contribution in [-0.4, -0.2) is 31.0 Å². The first-order chi connectivity index (χ1) is 12.2. The number of hydrogen-bond acceptors (Lipinski definition) is 7. The first kappa shape index (κ1) is 15.5. The molecule has 2 aromatic heterocycles. The molecule has 1 saturated heterocycles. The van der Waals surface area contributed by atoms with E-state index in [0.717, 1.165) is 25.9 Å². The van der Waals surface area contributed by atoms with Gasteiger partial charge in [-0.15, -0.1) is 0 Å². The molecule has 0 radical (unpaired) electrons. The highest BCUT2D eigenvalue weighted by Crippen LogP contribution is 2.28. The van der Waals surface area contributed by atoms with Crippen LogP contribution < -0.4 is 5.32 Å². The maximum absolute atomic E-state index is 10.7. The molecule has 1 aliphatic heterocycles. The van der Waals surface area contributed by atoms with E-state index in [9.17, 15) is 10.1 Å². The summed E-state index contributed by atoms with van der Waals surface area (Å²) in [5.41, 5.74) is 2.06. The largest absolute Gasteiger partial charge is 0.358 e. The Balaban J connectivity index is 1.63. The van der Waals surface area contributed by atoms with E-state index in [1.807, 2.05) is 4.57 Å². The van der Waals surface area contributed by atoms with Gasteiger partial charge in [-0.3, -0.25) is 14.7 Å². The third-order valence-electron chi connectivity index (χ3n) is 4.17. The van der Waals surface area contributed by atoms with Gasteiger partial charge in [0.2, 0.25) is 0 Å².